The number of hydrogen-bond donors (Lipinski definition) is 3. The minimum absolute atomic E-state index is 0. The van der Waals surface area contributed by atoms with E-state index < -0.39 is 11.4 Å². The van der Waals surface area contributed by atoms with Gasteiger partial charge in [-0.2, -0.15) is 0 Å². The maximum Gasteiger partial charge on any atom is 0.254 e. The molecule has 1 aromatic rings. The highest BCUT2D eigenvalue weighted by Gasteiger charge is 2.37. The highest BCUT2D eigenvalue weighted by Crippen LogP contribution is 2.28. The van der Waals surface area contributed by atoms with E-state index in [-0.39, 0.29) is 42.2 Å². The molecule has 1 fully saturated rings. The van der Waals surface area contributed by atoms with Crippen LogP contribution in [-0.2, 0) is 4.79 Å². The third kappa shape index (κ3) is 4.22. The van der Waals surface area contributed by atoms with Crippen molar-refractivity contribution in [2.75, 3.05) is 12.4 Å². The fourth-order valence-corrected chi connectivity index (χ4v) is 2.35. The van der Waals surface area contributed by atoms with Crippen LogP contribution in [0.3, 0.4) is 0 Å². The highest BCUT2D eigenvalue weighted by molar-refractivity contribution is 6.00. The normalized spacial score (nSPS) is 15.2. The molecule has 0 spiro atoms. The Hall–Kier alpha value is -1.57. The number of halogens is 2. The van der Waals surface area contributed by atoms with E-state index in [0.29, 0.717) is 18.5 Å². The quantitative estimate of drug-likeness (QED) is 0.754. The Labute approximate surface area is 141 Å². The molecule has 1 aromatic heterocycles. The van der Waals surface area contributed by atoms with E-state index in [1.807, 2.05) is 0 Å². The molecule has 0 radical (unpaired) electrons. The Morgan fingerprint density at radius 2 is 1.91 bits per heavy atom. The molecule has 1 heterocycles. The number of nitrogens with one attached hydrogen (secondary N) is 1. The molecule has 1 saturated carbocycles. The predicted octanol–water partition coefficient (Wildman–Crippen LogP) is 1.24. The summed E-state index contributed by atoms with van der Waals surface area (Å²) in [5.41, 5.74) is 10.9. The number of primary amides is 1. The molecule has 7 nitrogen and oxygen atoms in total. The van der Waals surface area contributed by atoms with Gasteiger partial charge in [0.1, 0.15) is 5.56 Å². The first-order chi connectivity index (χ1) is 9.46. The first-order valence-electron chi connectivity index (χ1n) is 6.40. The van der Waals surface area contributed by atoms with Crippen molar-refractivity contribution in [1.82, 2.24) is 4.98 Å². The van der Waals surface area contributed by atoms with Crippen LogP contribution in [-0.4, -0.2) is 29.4 Å². The maximum absolute atomic E-state index is 12.2. The maximum atomic E-state index is 12.2. The van der Waals surface area contributed by atoms with Crippen molar-refractivity contribution in [2.24, 2.45) is 11.5 Å². The summed E-state index contributed by atoms with van der Waals surface area (Å²) in [4.78, 5) is 27.4. The number of ether oxygens (including phenoxy) is 1. The van der Waals surface area contributed by atoms with Crippen LogP contribution in [0.2, 0.25) is 0 Å². The van der Waals surface area contributed by atoms with Crippen LogP contribution in [0.1, 0.15) is 36.0 Å². The summed E-state index contributed by atoms with van der Waals surface area (Å²) in [5, 5.41) is 2.68. The van der Waals surface area contributed by atoms with Gasteiger partial charge in [0.05, 0.1) is 24.5 Å². The van der Waals surface area contributed by atoms with Crippen LogP contribution in [0.4, 0.5) is 5.69 Å². The lowest BCUT2D eigenvalue weighted by atomic mass is 9.98. The van der Waals surface area contributed by atoms with E-state index in [0.717, 1.165) is 12.8 Å². The van der Waals surface area contributed by atoms with Crippen molar-refractivity contribution >= 4 is 42.3 Å². The second kappa shape index (κ2) is 8.17. The summed E-state index contributed by atoms with van der Waals surface area (Å²) in [6.45, 7) is 0. The molecule has 0 unspecified atom stereocenters. The summed E-state index contributed by atoms with van der Waals surface area (Å²) < 4.78 is 4.94. The first-order valence-corrected chi connectivity index (χ1v) is 6.40. The predicted molar refractivity (Wildman–Crippen MR) is 87.8 cm³/mol. The van der Waals surface area contributed by atoms with E-state index >= 15 is 0 Å². The minimum atomic E-state index is -0.840. The molecule has 0 aliphatic heterocycles. The fraction of sp³-hybridized carbons (Fsp3) is 0.462. The zero-order valence-corrected chi connectivity index (χ0v) is 13.8. The molecule has 9 heteroatoms. The number of hydrogen-bond acceptors (Lipinski definition) is 5. The summed E-state index contributed by atoms with van der Waals surface area (Å²) in [5.74, 6) is -0.815. The average Bonchev–Trinajstić information content (AvgIpc) is 2.87. The number of nitrogens with zero attached hydrogens (tertiary/aromatic N) is 1. The Kier molecular flexibility index (Phi) is 7.58. The molecule has 1 aliphatic rings. The fourth-order valence-electron chi connectivity index (χ4n) is 2.35. The molecule has 0 saturated heterocycles. The van der Waals surface area contributed by atoms with Gasteiger partial charge in [-0.25, -0.2) is 4.98 Å². The number of pyridine rings is 1. The van der Waals surface area contributed by atoms with Gasteiger partial charge >= 0.3 is 0 Å². The number of amides is 2. The number of carbonyl (C=O) groups is 2. The molecule has 1 aliphatic carbocycles. The number of anilines is 1. The lowest BCUT2D eigenvalue weighted by molar-refractivity contribution is -0.121. The Morgan fingerprint density at radius 1 is 1.32 bits per heavy atom. The second-order valence-electron chi connectivity index (χ2n) is 4.96. The van der Waals surface area contributed by atoms with E-state index in [2.05, 4.69) is 10.3 Å². The van der Waals surface area contributed by atoms with Crippen LogP contribution in [0.15, 0.2) is 12.3 Å². The van der Waals surface area contributed by atoms with Crippen molar-refractivity contribution < 1.29 is 14.3 Å². The zero-order chi connectivity index (χ0) is 14.8. The lowest BCUT2D eigenvalue weighted by Crippen LogP contribution is -2.48. The number of aromatic nitrogens is 1. The third-order valence-electron chi connectivity index (χ3n) is 3.52. The molecule has 0 aromatic carbocycles. The Morgan fingerprint density at radius 3 is 2.41 bits per heavy atom. The van der Waals surface area contributed by atoms with Crippen molar-refractivity contribution in [3.05, 3.63) is 17.8 Å². The van der Waals surface area contributed by atoms with Gasteiger partial charge in [0, 0.05) is 0 Å². The number of carbonyl (C=O) groups excluding carboxylic acids is 2. The van der Waals surface area contributed by atoms with Crippen LogP contribution in [0.5, 0.6) is 5.88 Å². The highest BCUT2D eigenvalue weighted by atomic mass is 35.5. The molecule has 2 amide bonds. The number of methoxy groups -OCH3 is 1. The largest absolute Gasteiger partial charge is 0.480 e. The standard InChI is InChI=1S/C13H18N4O3.2ClH/c1-20-11-9(10(14)18)6-8(7-16-11)17-12(19)13(15)4-2-3-5-13;;/h6-7H,2-5,15H2,1H3,(H2,14,18)(H,17,19);2*1H. The molecule has 5 N–H and O–H groups in total. The molecule has 0 atom stereocenters. The van der Waals surface area contributed by atoms with Gasteiger partial charge in [0.2, 0.25) is 11.8 Å². The lowest BCUT2D eigenvalue weighted by Gasteiger charge is -2.22. The summed E-state index contributed by atoms with van der Waals surface area (Å²) in [7, 11) is 1.39. The van der Waals surface area contributed by atoms with Gasteiger partial charge in [0.25, 0.3) is 5.91 Å². The second-order valence-corrected chi connectivity index (χ2v) is 4.96. The molecule has 22 heavy (non-hydrogen) atoms. The van der Waals surface area contributed by atoms with E-state index in [4.69, 9.17) is 16.2 Å². The Bertz CT molecular complexity index is 548. The summed E-state index contributed by atoms with van der Waals surface area (Å²) in [6, 6.07) is 1.43. The number of nitrogens with two attached hydrogens (primary N) is 2. The van der Waals surface area contributed by atoms with Gasteiger partial charge in [-0.05, 0) is 18.9 Å². The van der Waals surface area contributed by atoms with Gasteiger partial charge in [-0.1, -0.05) is 12.8 Å². The molecular weight excluding hydrogens is 331 g/mol. The van der Waals surface area contributed by atoms with Crippen LogP contribution in [0.25, 0.3) is 0 Å². The molecule has 0 bridgehead atoms. The molecule has 124 valence electrons. The average molecular weight is 351 g/mol. The van der Waals surface area contributed by atoms with Crippen molar-refractivity contribution in [3.8, 4) is 5.88 Å². The van der Waals surface area contributed by atoms with Gasteiger partial charge < -0.3 is 21.5 Å². The van der Waals surface area contributed by atoms with Crippen molar-refractivity contribution in [1.29, 1.82) is 0 Å². The van der Waals surface area contributed by atoms with Crippen LogP contribution < -0.4 is 21.5 Å². The van der Waals surface area contributed by atoms with Crippen molar-refractivity contribution in [3.63, 3.8) is 0 Å². The van der Waals surface area contributed by atoms with Crippen molar-refractivity contribution in [2.45, 2.75) is 31.2 Å². The summed E-state index contributed by atoms with van der Waals surface area (Å²) in [6.07, 6.45) is 4.60. The first kappa shape index (κ1) is 20.4. The zero-order valence-electron chi connectivity index (χ0n) is 12.1. The topological polar surface area (TPSA) is 120 Å². The third-order valence-corrected chi connectivity index (χ3v) is 3.52. The van der Waals surface area contributed by atoms with Gasteiger partial charge in [-0.15, -0.1) is 24.8 Å². The molecular formula is C13H20Cl2N4O3. The molecule has 2 rings (SSSR count). The van der Waals surface area contributed by atoms with Crippen LogP contribution in [0, 0.1) is 0 Å². The van der Waals surface area contributed by atoms with E-state index in [1.54, 1.807) is 0 Å². The Balaban J connectivity index is 0.00000220. The smallest absolute Gasteiger partial charge is 0.254 e. The van der Waals surface area contributed by atoms with Gasteiger partial charge in [0.15, 0.2) is 0 Å². The minimum Gasteiger partial charge on any atom is -0.480 e. The summed E-state index contributed by atoms with van der Waals surface area (Å²) >= 11 is 0. The van der Waals surface area contributed by atoms with Gasteiger partial charge in [-0.3, -0.25) is 9.59 Å². The monoisotopic (exact) mass is 350 g/mol. The van der Waals surface area contributed by atoms with Crippen LogP contribution >= 0.6 is 24.8 Å². The number of rotatable bonds is 4. The van der Waals surface area contributed by atoms with E-state index in [1.165, 1.54) is 19.4 Å². The SMILES string of the molecule is COc1ncc(NC(=O)C2(N)CCCC2)cc1C(N)=O.Cl.Cl. The van der Waals surface area contributed by atoms with E-state index in [9.17, 15) is 9.59 Å².